The van der Waals surface area contributed by atoms with Gasteiger partial charge >= 0.3 is 0 Å². The van der Waals surface area contributed by atoms with Gasteiger partial charge in [-0.3, -0.25) is 35.9 Å². The fourth-order valence-corrected chi connectivity index (χ4v) is 2.34. The van der Waals surface area contributed by atoms with E-state index < -0.39 is 16.7 Å². The zero-order chi connectivity index (χ0) is 20.5. The number of nitrogens with one attached hydrogen (secondary N) is 3. The van der Waals surface area contributed by atoms with E-state index in [1.54, 1.807) is 24.3 Å². The van der Waals surface area contributed by atoms with Crippen LogP contribution in [0.15, 0.2) is 48.5 Å². The largest absolute Gasteiger partial charge is 0.493 e. The Hall–Kier alpha value is -3.53. The molecule has 0 saturated heterocycles. The quantitative estimate of drug-likeness (QED) is 0.385. The number of hydrazine groups is 1. The molecule has 2 aromatic carbocycles. The van der Waals surface area contributed by atoms with Crippen LogP contribution in [0.5, 0.6) is 5.75 Å². The minimum atomic E-state index is -0.768. The van der Waals surface area contributed by atoms with Crippen LogP contribution >= 0.6 is 12.2 Å². The second-order valence-electron chi connectivity index (χ2n) is 5.48. The molecule has 0 unspecified atom stereocenters. The van der Waals surface area contributed by atoms with Gasteiger partial charge in [-0.2, -0.15) is 0 Å². The lowest BCUT2D eigenvalue weighted by Gasteiger charge is -2.13. The normalized spacial score (nSPS) is 9.89. The predicted molar refractivity (Wildman–Crippen MR) is 106 cm³/mol. The van der Waals surface area contributed by atoms with Gasteiger partial charge in [-0.1, -0.05) is 31.2 Å². The molecule has 0 aliphatic carbocycles. The summed E-state index contributed by atoms with van der Waals surface area (Å²) in [6.45, 7) is 2.40. The molecular formula is C18H18N4O5S. The van der Waals surface area contributed by atoms with E-state index in [9.17, 15) is 19.7 Å². The zero-order valence-corrected chi connectivity index (χ0v) is 15.7. The van der Waals surface area contributed by atoms with Crippen molar-refractivity contribution in [2.75, 3.05) is 6.61 Å². The van der Waals surface area contributed by atoms with E-state index in [0.29, 0.717) is 12.4 Å². The summed E-state index contributed by atoms with van der Waals surface area (Å²) in [5, 5.41) is 13.2. The Bertz CT molecular complexity index is 903. The van der Waals surface area contributed by atoms with E-state index in [1.807, 2.05) is 6.92 Å². The molecule has 2 rings (SSSR count). The maximum atomic E-state index is 12.4. The van der Waals surface area contributed by atoms with Gasteiger partial charge in [0.1, 0.15) is 11.3 Å². The Morgan fingerprint density at radius 2 is 1.68 bits per heavy atom. The average Bonchev–Trinajstić information content (AvgIpc) is 2.70. The second kappa shape index (κ2) is 9.97. The van der Waals surface area contributed by atoms with Crippen LogP contribution in [0.1, 0.15) is 34.1 Å². The van der Waals surface area contributed by atoms with Crippen molar-refractivity contribution in [2.24, 2.45) is 0 Å². The number of nitro groups is 1. The molecule has 3 N–H and O–H groups in total. The van der Waals surface area contributed by atoms with Crippen molar-refractivity contribution in [2.45, 2.75) is 13.3 Å². The van der Waals surface area contributed by atoms with E-state index in [4.69, 9.17) is 17.0 Å². The topological polar surface area (TPSA) is 123 Å². The molecular weight excluding hydrogens is 384 g/mol. The summed E-state index contributed by atoms with van der Waals surface area (Å²) >= 11 is 4.98. The highest BCUT2D eigenvalue weighted by atomic mass is 32.1. The molecule has 0 aliphatic rings. The maximum Gasteiger partial charge on any atom is 0.282 e. The van der Waals surface area contributed by atoms with E-state index in [2.05, 4.69) is 16.2 Å². The number of rotatable bonds is 6. The third kappa shape index (κ3) is 5.48. The van der Waals surface area contributed by atoms with Gasteiger partial charge in [0.05, 0.1) is 17.1 Å². The number of nitro benzene ring substituents is 1. The third-order valence-electron chi connectivity index (χ3n) is 3.46. The van der Waals surface area contributed by atoms with Crippen LogP contribution in [0.4, 0.5) is 5.69 Å². The van der Waals surface area contributed by atoms with Crippen LogP contribution in [0.3, 0.4) is 0 Å². The molecule has 0 atom stereocenters. The number of carbonyl (C=O) groups excluding carboxylic acids is 2. The number of nitrogens with zero attached hydrogens (tertiary/aromatic N) is 1. The number of benzene rings is 2. The molecule has 146 valence electrons. The van der Waals surface area contributed by atoms with Crippen molar-refractivity contribution < 1.29 is 19.2 Å². The molecule has 9 nitrogen and oxygen atoms in total. The second-order valence-corrected chi connectivity index (χ2v) is 5.89. The highest BCUT2D eigenvalue weighted by Gasteiger charge is 2.19. The SMILES string of the molecule is CCCOc1ccccc1C(=O)NC(=S)NNC(=O)c1ccccc1[N+](=O)[O-]. The number of amides is 2. The van der Waals surface area contributed by atoms with Crippen LogP contribution in [-0.2, 0) is 0 Å². The lowest BCUT2D eigenvalue weighted by Crippen LogP contribution is -2.48. The van der Waals surface area contributed by atoms with Crippen molar-refractivity contribution in [1.82, 2.24) is 16.2 Å². The van der Waals surface area contributed by atoms with Crippen LogP contribution in [0, 0.1) is 10.1 Å². The molecule has 2 amide bonds. The number of hydrogen-bond acceptors (Lipinski definition) is 6. The first kappa shape index (κ1) is 20.8. The standard InChI is InChI=1S/C18H18N4O5S/c1-2-11-27-15-10-6-4-8-13(15)16(23)19-18(28)21-20-17(24)12-7-3-5-9-14(12)22(25)26/h3-10H,2,11H2,1H3,(H,20,24)(H2,19,21,23,28). The van der Waals surface area contributed by atoms with E-state index in [-0.39, 0.29) is 21.9 Å². The summed E-state index contributed by atoms with van der Waals surface area (Å²) in [4.78, 5) is 34.8. The Labute approximate surface area is 166 Å². The van der Waals surface area contributed by atoms with Crippen molar-refractivity contribution >= 4 is 34.8 Å². The van der Waals surface area contributed by atoms with Gasteiger partial charge in [-0.05, 0) is 36.8 Å². The first-order valence-corrected chi connectivity index (χ1v) is 8.71. The zero-order valence-electron chi connectivity index (χ0n) is 14.9. The van der Waals surface area contributed by atoms with Crippen LogP contribution < -0.4 is 20.9 Å². The Morgan fingerprint density at radius 3 is 2.36 bits per heavy atom. The molecule has 0 aromatic heterocycles. The number of carbonyl (C=O) groups is 2. The fourth-order valence-electron chi connectivity index (χ4n) is 2.20. The van der Waals surface area contributed by atoms with Gasteiger partial charge in [-0.15, -0.1) is 0 Å². The van der Waals surface area contributed by atoms with Crippen LogP contribution in [0.25, 0.3) is 0 Å². The van der Waals surface area contributed by atoms with Crippen LogP contribution in [0.2, 0.25) is 0 Å². The number of para-hydroxylation sites is 2. The van der Waals surface area contributed by atoms with Crippen molar-refractivity contribution in [1.29, 1.82) is 0 Å². The summed E-state index contributed by atoms with van der Waals surface area (Å²) in [5.74, 6) is -0.881. The van der Waals surface area contributed by atoms with Gasteiger partial charge in [0.25, 0.3) is 17.5 Å². The molecule has 0 fully saturated rings. The lowest BCUT2D eigenvalue weighted by atomic mass is 10.2. The number of hydrogen-bond donors (Lipinski definition) is 3. The Kier molecular flexibility index (Phi) is 7.40. The Balaban J connectivity index is 1.97. The first-order chi connectivity index (χ1) is 13.4. The van der Waals surface area contributed by atoms with Gasteiger partial charge in [0, 0.05) is 6.07 Å². The number of ether oxygens (including phenoxy) is 1. The van der Waals surface area contributed by atoms with Gasteiger partial charge in [-0.25, -0.2) is 0 Å². The molecule has 0 radical (unpaired) electrons. The highest BCUT2D eigenvalue weighted by molar-refractivity contribution is 7.80. The molecule has 0 aliphatic heterocycles. The van der Waals surface area contributed by atoms with Gasteiger partial charge in [0.2, 0.25) is 0 Å². The van der Waals surface area contributed by atoms with E-state index in [0.717, 1.165) is 6.42 Å². The fraction of sp³-hybridized carbons (Fsp3) is 0.167. The van der Waals surface area contributed by atoms with Crippen molar-refractivity contribution in [3.63, 3.8) is 0 Å². The molecule has 10 heteroatoms. The summed E-state index contributed by atoms with van der Waals surface area (Å²) in [6, 6.07) is 12.1. The molecule has 28 heavy (non-hydrogen) atoms. The summed E-state index contributed by atoms with van der Waals surface area (Å²) < 4.78 is 5.52. The van der Waals surface area contributed by atoms with E-state index >= 15 is 0 Å². The van der Waals surface area contributed by atoms with Crippen molar-refractivity contribution in [3.8, 4) is 5.75 Å². The molecule has 0 spiro atoms. The highest BCUT2D eigenvalue weighted by Crippen LogP contribution is 2.18. The molecule has 0 saturated carbocycles. The maximum absolute atomic E-state index is 12.4. The predicted octanol–water partition coefficient (Wildman–Crippen LogP) is 2.33. The lowest BCUT2D eigenvalue weighted by molar-refractivity contribution is -0.385. The first-order valence-electron chi connectivity index (χ1n) is 8.31. The van der Waals surface area contributed by atoms with Crippen LogP contribution in [-0.4, -0.2) is 28.5 Å². The summed E-state index contributed by atoms with van der Waals surface area (Å²) in [7, 11) is 0. The number of thiocarbonyl (C=S) groups is 1. The summed E-state index contributed by atoms with van der Waals surface area (Å²) in [5.41, 5.74) is 4.35. The molecule has 2 aromatic rings. The van der Waals surface area contributed by atoms with Crippen molar-refractivity contribution in [3.05, 3.63) is 69.8 Å². The summed E-state index contributed by atoms with van der Waals surface area (Å²) in [6.07, 6.45) is 0.785. The third-order valence-corrected chi connectivity index (χ3v) is 3.66. The smallest absolute Gasteiger partial charge is 0.282 e. The van der Waals surface area contributed by atoms with Gasteiger partial charge in [0.15, 0.2) is 5.11 Å². The van der Waals surface area contributed by atoms with Gasteiger partial charge < -0.3 is 4.74 Å². The molecule has 0 bridgehead atoms. The Morgan fingerprint density at radius 1 is 1.04 bits per heavy atom. The minimum absolute atomic E-state index is 0.146. The monoisotopic (exact) mass is 402 g/mol. The van der Waals surface area contributed by atoms with E-state index in [1.165, 1.54) is 24.3 Å². The molecule has 0 heterocycles. The average molecular weight is 402 g/mol. The minimum Gasteiger partial charge on any atom is -0.493 e.